The zero-order chi connectivity index (χ0) is 20.4. The highest BCUT2D eigenvalue weighted by Gasteiger charge is 2.39. The molecule has 1 aliphatic heterocycles. The fourth-order valence-electron chi connectivity index (χ4n) is 3.80. The number of ketones is 1. The van der Waals surface area contributed by atoms with Crippen LogP contribution < -0.4 is 10.1 Å². The number of carbonyl (C=O) groups excluding carboxylic acids is 2. The number of carbonyl (C=O) groups is 2. The van der Waals surface area contributed by atoms with Crippen molar-refractivity contribution in [3.8, 4) is 11.5 Å². The lowest BCUT2D eigenvalue weighted by Crippen LogP contribution is -2.35. The smallest absolute Gasteiger partial charge is 0.337 e. The summed E-state index contributed by atoms with van der Waals surface area (Å²) in [5, 5.41) is 13.5. The maximum Gasteiger partial charge on any atom is 0.337 e. The van der Waals surface area contributed by atoms with E-state index in [2.05, 4.69) is 5.32 Å². The normalized spacial score (nSPS) is 20.4. The van der Waals surface area contributed by atoms with Crippen molar-refractivity contribution in [1.29, 1.82) is 0 Å². The van der Waals surface area contributed by atoms with Crippen LogP contribution in [0.3, 0.4) is 0 Å². The van der Waals surface area contributed by atoms with Crippen LogP contribution in [0.5, 0.6) is 11.5 Å². The van der Waals surface area contributed by atoms with Crippen molar-refractivity contribution < 1.29 is 24.2 Å². The Balaban J connectivity index is 2.13. The fraction of sp³-hybridized carbons (Fsp3) is 0.455. The Morgan fingerprint density at radius 3 is 2.75 bits per heavy atom. The van der Waals surface area contributed by atoms with E-state index in [1.165, 1.54) is 7.11 Å². The first-order chi connectivity index (χ1) is 13.4. The second-order valence-corrected chi connectivity index (χ2v) is 7.32. The van der Waals surface area contributed by atoms with Crippen LogP contribution in [0.4, 0.5) is 0 Å². The summed E-state index contributed by atoms with van der Waals surface area (Å²) >= 11 is 0. The van der Waals surface area contributed by atoms with E-state index >= 15 is 0 Å². The van der Waals surface area contributed by atoms with E-state index in [9.17, 15) is 14.7 Å². The molecule has 2 atom stereocenters. The Morgan fingerprint density at radius 1 is 1.36 bits per heavy atom. The number of esters is 1. The number of ether oxygens (including phenoxy) is 2. The molecule has 0 unspecified atom stereocenters. The van der Waals surface area contributed by atoms with Gasteiger partial charge in [-0.3, -0.25) is 4.79 Å². The van der Waals surface area contributed by atoms with Gasteiger partial charge in [-0.1, -0.05) is 13.0 Å². The number of methoxy groups -OCH3 is 1. The molecule has 6 heteroatoms. The van der Waals surface area contributed by atoms with Crippen LogP contribution in [0.15, 0.2) is 40.7 Å². The number of hydrogen-bond acceptors (Lipinski definition) is 6. The summed E-state index contributed by atoms with van der Waals surface area (Å²) in [6.07, 6.45) is 2.46. The van der Waals surface area contributed by atoms with Crippen LogP contribution in [0.1, 0.15) is 57.9 Å². The summed E-state index contributed by atoms with van der Waals surface area (Å²) in [6.45, 7) is 5.61. The van der Waals surface area contributed by atoms with Crippen molar-refractivity contribution in [2.24, 2.45) is 0 Å². The lowest BCUT2D eigenvalue weighted by molar-refractivity contribution is -0.144. The number of dihydropyridines is 1. The van der Waals surface area contributed by atoms with Crippen LogP contribution in [-0.4, -0.2) is 30.1 Å². The van der Waals surface area contributed by atoms with E-state index in [1.807, 2.05) is 20.8 Å². The van der Waals surface area contributed by atoms with Gasteiger partial charge in [0.25, 0.3) is 0 Å². The summed E-state index contributed by atoms with van der Waals surface area (Å²) in [7, 11) is 1.48. The highest BCUT2D eigenvalue weighted by molar-refractivity contribution is 6.03. The largest absolute Gasteiger partial charge is 0.504 e. The fourth-order valence-corrected chi connectivity index (χ4v) is 3.80. The Hall–Kier alpha value is -2.76. The Morgan fingerprint density at radius 2 is 2.11 bits per heavy atom. The van der Waals surface area contributed by atoms with Gasteiger partial charge in [0, 0.05) is 29.3 Å². The molecule has 0 radical (unpaired) electrons. The van der Waals surface area contributed by atoms with Crippen molar-refractivity contribution in [3.63, 3.8) is 0 Å². The molecule has 1 aliphatic carbocycles. The number of allylic oxidation sites excluding steroid dienone is 3. The number of Topliss-reactive ketones (excluding diaryl/α,β-unsaturated/α-hetero) is 1. The number of rotatable bonds is 5. The third kappa shape index (κ3) is 3.63. The molecule has 6 nitrogen and oxygen atoms in total. The Kier molecular flexibility index (Phi) is 5.77. The third-order valence-corrected chi connectivity index (χ3v) is 5.42. The molecule has 1 aromatic carbocycles. The number of nitrogens with one attached hydrogen (secondary N) is 1. The van der Waals surface area contributed by atoms with E-state index in [0.717, 1.165) is 18.5 Å². The van der Waals surface area contributed by atoms with E-state index in [4.69, 9.17) is 9.47 Å². The van der Waals surface area contributed by atoms with Gasteiger partial charge in [-0.15, -0.1) is 0 Å². The Bertz CT molecular complexity index is 868. The molecular weight excluding hydrogens is 358 g/mol. The third-order valence-electron chi connectivity index (χ3n) is 5.42. The van der Waals surface area contributed by atoms with Gasteiger partial charge in [0.15, 0.2) is 17.3 Å². The molecule has 3 rings (SSSR count). The molecule has 0 spiro atoms. The molecule has 0 saturated heterocycles. The van der Waals surface area contributed by atoms with Crippen molar-refractivity contribution in [3.05, 3.63) is 46.3 Å². The number of phenolic OH excluding ortho intramolecular Hbond substituents is 1. The predicted molar refractivity (Wildman–Crippen MR) is 105 cm³/mol. The first-order valence-corrected chi connectivity index (χ1v) is 9.69. The molecule has 1 heterocycles. The summed E-state index contributed by atoms with van der Waals surface area (Å²) in [4.78, 5) is 25.8. The van der Waals surface area contributed by atoms with Gasteiger partial charge in [-0.05, 0) is 50.8 Å². The molecule has 150 valence electrons. The zero-order valence-corrected chi connectivity index (χ0v) is 16.8. The van der Waals surface area contributed by atoms with Crippen molar-refractivity contribution in [1.82, 2.24) is 5.32 Å². The van der Waals surface area contributed by atoms with E-state index < -0.39 is 11.9 Å². The van der Waals surface area contributed by atoms with E-state index in [1.54, 1.807) is 18.2 Å². The van der Waals surface area contributed by atoms with Crippen LogP contribution >= 0.6 is 0 Å². The van der Waals surface area contributed by atoms with Gasteiger partial charge in [0.2, 0.25) is 0 Å². The van der Waals surface area contributed by atoms with Crippen LogP contribution in [0.25, 0.3) is 0 Å². The van der Waals surface area contributed by atoms with Gasteiger partial charge in [0.1, 0.15) is 0 Å². The summed E-state index contributed by atoms with van der Waals surface area (Å²) in [6, 6.07) is 4.99. The number of phenols is 1. The number of benzene rings is 1. The topological polar surface area (TPSA) is 84.9 Å². The standard InChI is InChI=1S/C22H27NO5/c1-5-12(2)28-22(26)19-13(3)23-15-7-6-8-16(24)21(15)20(19)14-9-10-18(27-4)17(25)11-14/h9-12,20,23,25H,5-8H2,1-4H3/t12-,20-/m1/s1. The van der Waals surface area contributed by atoms with Gasteiger partial charge in [-0.2, -0.15) is 0 Å². The van der Waals surface area contributed by atoms with Crippen LogP contribution in [-0.2, 0) is 14.3 Å². The molecule has 1 aromatic rings. The van der Waals surface area contributed by atoms with E-state index in [-0.39, 0.29) is 17.6 Å². The van der Waals surface area contributed by atoms with Crippen LogP contribution in [0.2, 0.25) is 0 Å². The summed E-state index contributed by atoms with van der Waals surface area (Å²) in [5.74, 6) is -0.681. The first-order valence-electron chi connectivity index (χ1n) is 9.69. The lowest BCUT2D eigenvalue weighted by atomic mass is 9.75. The first kappa shape index (κ1) is 20.0. The predicted octanol–water partition coefficient (Wildman–Crippen LogP) is 3.71. The van der Waals surface area contributed by atoms with Crippen LogP contribution in [0, 0.1) is 0 Å². The van der Waals surface area contributed by atoms with Crippen molar-refractivity contribution >= 4 is 11.8 Å². The maximum absolute atomic E-state index is 13.0. The zero-order valence-electron chi connectivity index (χ0n) is 16.8. The minimum Gasteiger partial charge on any atom is -0.504 e. The SMILES string of the molecule is CC[C@@H](C)OC(=O)C1=C(C)NC2=C(C(=O)CCC2)[C@@H]1c1ccc(OC)c(O)c1. The van der Waals surface area contributed by atoms with Gasteiger partial charge in [-0.25, -0.2) is 4.79 Å². The van der Waals surface area contributed by atoms with Gasteiger partial charge < -0.3 is 19.9 Å². The maximum atomic E-state index is 13.0. The highest BCUT2D eigenvalue weighted by atomic mass is 16.5. The lowest BCUT2D eigenvalue weighted by Gasteiger charge is -2.34. The number of hydrogen-bond donors (Lipinski definition) is 2. The average Bonchev–Trinajstić information content (AvgIpc) is 2.66. The van der Waals surface area contributed by atoms with Crippen molar-refractivity contribution in [2.45, 2.75) is 58.5 Å². The average molecular weight is 385 g/mol. The molecule has 28 heavy (non-hydrogen) atoms. The summed E-state index contributed by atoms with van der Waals surface area (Å²) < 4.78 is 10.7. The van der Waals surface area contributed by atoms with E-state index in [0.29, 0.717) is 41.0 Å². The molecule has 2 aliphatic rings. The molecular formula is C22H27NO5. The molecule has 0 amide bonds. The highest BCUT2D eigenvalue weighted by Crippen LogP contribution is 2.44. The summed E-state index contributed by atoms with van der Waals surface area (Å²) in [5.41, 5.74) is 3.21. The molecule has 0 aromatic heterocycles. The number of aromatic hydroxyl groups is 1. The molecule has 0 fully saturated rings. The second-order valence-electron chi connectivity index (χ2n) is 7.32. The molecule has 0 saturated carbocycles. The van der Waals surface area contributed by atoms with Gasteiger partial charge >= 0.3 is 5.97 Å². The minimum absolute atomic E-state index is 0.0235. The second kappa shape index (κ2) is 8.09. The monoisotopic (exact) mass is 385 g/mol. The van der Waals surface area contributed by atoms with Crippen molar-refractivity contribution in [2.75, 3.05) is 7.11 Å². The quantitative estimate of drug-likeness (QED) is 0.752. The Labute approximate surface area is 165 Å². The minimum atomic E-state index is -0.572. The van der Waals surface area contributed by atoms with Gasteiger partial charge in [0.05, 0.1) is 18.8 Å². The molecule has 2 N–H and O–H groups in total. The molecule has 0 bridgehead atoms.